The van der Waals surface area contributed by atoms with Crippen molar-refractivity contribution in [2.75, 3.05) is 24.0 Å². The molecule has 41 heavy (non-hydrogen) atoms. The SMILES string of the molecule is CCCCNC(=O)C(C)N(Cc1ccc(Br)cc1)C(=O)CN(c1ccc(C)cc1)S(=O)(=O)c1ccc(OCC)cc1. The molecule has 0 saturated carbocycles. The van der Waals surface area contributed by atoms with Crippen LogP contribution in [0.4, 0.5) is 5.69 Å². The fraction of sp³-hybridized carbons (Fsp3) is 0.355. The molecule has 3 aromatic rings. The molecule has 3 rings (SSSR count). The van der Waals surface area contributed by atoms with E-state index in [1.165, 1.54) is 17.0 Å². The number of benzene rings is 3. The molecule has 0 fully saturated rings. The Kier molecular flexibility index (Phi) is 11.8. The fourth-order valence-electron chi connectivity index (χ4n) is 4.15. The fourth-order valence-corrected chi connectivity index (χ4v) is 5.83. The third-order valence-electron chi connectivity index (χ3n) is 6.59. The van der Waals surface area contributed by atoms with E-state index in [2.05, 4.69) is 21.2 Å². The van der Waals surface area contributed by atoms with Gasteiger partial charge in [0.2, 0.25) is 11.8 Å². The number of hydrogen-bond acceptors (Lipinski definition) is 5. The van der Waals surface area contributed by atoms with Gasteiger partial charge in [-0.25, -0.2) is 8.42 Å². The summed E-state index contributed by atoms with van der Waals surface area (Å²) in [5.74, 6) is -0.241. The third-order valence-corrected chi connectivity index (χ3v) is 8.90. The first kappa shape index (κ1) is 32.1. The van der Waals surface area contributed by atoms with E-state index in [0.717, 1.165) is 32.7 Å². The van der Waals surface area contributed by atoms with Crippen molar-refractivity contribution in [3.63, 3.8) is 0 Å². The van der Waals surface area contributed by atoms with Crippen molar-refractivity contribution in [3.8, 4) is 5.75 Å². The van der Waals surface area contributed by atoms with E-state index in [0.29, 0.717) is 24.6 Å². The number of amides is 2. The summed E-state index contributed by atoms with van der Waals surface area (Å²) in [6, 6.07) is 19.7. The first-order chi connectivity index (χ1) is 19.6. The van der Waals surface area contributed by atoms with Gasteiger partial charge in [0.1, 0.15) is 18.3 Å². The van der Waals surface area contributed by atoms with Crippen LogP contribution >= 0.6 is 15.9 Å². The summed E-state index contributed by atoms with van der Waals surface area (Å²) in [4.78, 5) is 28.5. The molecular weight excluding hydrogens is 606 g/mol. The van der Waals surface area contributed by atoms with Crippen molar-refractivity contribution >= 4 is 43.5 Å². The molecule has 0 spiro atoms. The van der Waals surface area contributed by atoms with Crippen molar-refractivity contribution in [3.05, 3.63) is 88.4 Å². The number of nitrogens with one attached hydrogen (secondary N) is 1. The minimum atomic E-state index is -4.15. The lowest BCUT2D eigenvalue weighted by Crippen LogP contribution is -2.51. The van der Waals surface area contributed by atoms with E-state index in [1.807, 2.05) is 45.0 Å². The van der Waals surface area contributed by atoms with Crippen molar-refractivity contribution in [2.45, 2.75) is 58.0 Å². The number of carbonyl (C=O) groups excluding carboxylic acids is 2. The summed E-state index contributed by atoms with van der Waals surface area (Å²) in [5.41, 5.74) is 2.11. The number of unbranched alkanes of at least 4 members (excludes halogenated alkanes) is 1. The zero-order valence-electron chi connectivity index (χ0n) is 24.0. The third kappa shape index (κ3) is 8.81. The largest absolute Gasteiger partial charge is 0.494 e. The van der Waals surface area contributed by atoms with Crippen molar-refractivity contribution < 1.29 is 22.7 Å². The van der Waals surface area contributed by atoms with Gasteiger partial charge in [-0.05, 0) is 81.3 Å². The Bertz CT molecular complexity index is 1400. The van der Waals surface area contributed by atoms with Crippen LogP contribution in [-0.2, 0) is 26.2 Å². The standard InChI is InChI=1S/C31H38BrN3O5S/c1-5-7-20-33-31(37)24(4)34(21-25-10-12-26(32)13-11-25)30(36)22-35(27-14-8-23(3)9-15-27)41(38,39)29-18-16-28(17-19-29)40-6-2/h8-19,24H,5-7,20-22H2,1-4H3,(H,33,37). The number of ether oxygens (including phenoxy) is 1. The molecule has 1 atom stereocenters. The first-order valence-electron chi connectivity index (χ1n) is 13.7. The molecule has 8 nitrogen and oxygen atoms in total. The Balaban J connectivity index is 1.98. The van der Waals surface area contributed by atoms with Gasteiger partial charge in [-0.15, -0.1) is 0 Å². The van der Waals surface area contributed by atoms with Crippen LogP contribution in [0.1, 0.15) is 44.7 Å². The molecule has 1 unspecified atom stereocenters. The lowest BCUT2D eigenvalue weighted by Gasteiger charge is -2.32. The average molecular weight is 645 g/mol. The normalized spacial score (nSPS) is 11.9. The van der Waals surface area contributed by atoms with Gasteiger partial charge in [0.05, 0.1) is 17.2 Å². The zero-order chi connectivity index (χ0) is 30.0. The summed E-state index contributed by atoms with van der Waals surface area (Å²) in [5, 5.41) is 2.89. The summed E-state index contributed by atoms with van der Waals surface area (Å²) in [6.07, 6.45) is 1.74. The predicted octanol–water partition coefficient (Wildman–Crippen LogP) is 5.69. The topological polar surface area (TPSA) is 96.0 Å². The molecule has 0 aliphatic heterocycles. The number of hydrogen-bond donors (Lipinski definition) is 1. The van der Waals surface area contributed by atoms with Gasteiger partial charge in [-0.3, -0.25) is 13.9 Å². The van der Waals surface area contributed by atoms with Crippen molar-refractivity contribution in [2.24, 2.45) is 0 Å². The zero-order valence-corrected chi connectivity index (χ0v) is 26.4. The smallest absolute Gasteiger partial charge is 0.264 e. The Morgan fingerprint density at radius 2 is 1.59 bits per heavy atom. The predicted molar refractivity (Wildman–Crippen MR) is 165 cm³/mol. The molecule has 0 saturated heterocycles. The van der Waals surface area contributed by atoms with Gasteiger partial charge in [-0.2, -0.15) is 0 Å². The molecule has 0 heterocycles. The maximum absolute atomic E-state index is 14.0. The highest BCUT2D eigenvalue weighted by Gasteiger charge is 2.32. The van der Waals surface area contributed by atoms with E-state index >= 15 is 0 Å². The van der Waals surface area contributed by atoms with Crippen molar-refractivity contribution in [1.29, 1.82) is 0 Å². The lowest BCUT2D eigenvalue weighted by atomic mass is 10.1. The molecule has 10 heteroatoms. The number of sulfonamides is 1. The number of halogens is 1. The minimum Gasteiger partial charge on any atom is -0.494 e. The highest BCUT2D eigenvalue weighted by molar-refractivity contribution is 9.10. The molecule has 0 aliphatic rings. The summed E-state index contributed by atoms with van der Waals surface area (Å²) in [7, 11) is -4.15. The monoisotopic (exact) mass is 643 g/mol. The van der Waals surface area contributed by atoms with Gasteiger partial charge in [-0.1, -0.05) is 59.1 Å². The molecule has 0 radical (unpaired) electrons. The first-order valence-corrected chi connectivity index (χ1v) is 15.9. The number of rotatable bonds is 14. The van der Waals surface area contributed by atoms with Crippen LogP contribution in [0.3, 0.4) is 0 Å². The maximum Gasteiger partial charge on any atom is 0.264 e. The highest BCUT2D eigenvalue weighted by Crippen LogP contribution is 2.26. The summed E-state index contributed by atoms with van der Waals surface area (Å²) in [6.45, 7) is 8.05. The van der Waals surface area contributed by atoms with Crippen LogP contribution in [0.5, 0.6) is 5.75 Å². The molecule has 2 amide bonds. The molecule has 1 N–H and O–H groups in total. The summed E-state index contributed by atoms with van der Waals surface area (Å²) < 4.78 is 35.3. The van der Waals surface area contributed by atoms with E-state index in [9.17, 15) is 18.0 Å². The van der Waals surface area contributed by atoms with Gasteiger partial charge in [0, 0.05) is 17.6 Å². The lowest BCUT2D eigenvalue weighted by molar-refractivity contribution is -0.139. The quantitative estimate of drug-likeness (QED) is 0.228. The van der Waals surface area contributed by atoms with Crippen LogP contribution in [-0.4, -0.2) is 50.9 Å². The van der Waals surface area contributed by atoms with Crippen LogP contribution < -0.4 is 14.4 Å². The van der Waals surface area contributed by atoms with E-state index in [4.69, 9.17) is 4.74 Å². The van der Waals surface area contributed by atoms with E-state index < -0.39 is 28.5 Å². The maximum atomic E-state index is 14.0. The number of aryl methyl sites for hydroxylation is 1. The van der Waals surface area contributed by atoms with E-state index in [1.54, 1.807) is 43.3 Å². The van der Waals surface area contributed by atoms with Crippen LogP contribution in [0.15, 0.2) is 82.2 Å². The van der Waals surface area contributed by atoms with Crippen molar-refractivity contribution in [1.82, 2.24) is 10.2 Å². The van der Waals surface area contributed by atoms with Crippen LogP contribution in [0.25, 0.3) is 0 Å². The second-order valence-electron chi connectivity index (χ2n) is 9.72. The Labute approximate surface area is 251 Å². The molecule has 3 aromatic carbocycles. The average Bonchev–Trinajstić information content (AvgIpc) is 2.96. The van der Waals surface area contributed by atoms with Gasteiger partial charge < -0.3 is 15.0 Å². The Morgan fingerprint density at radius 3 is 2.17 bits per heavy atom. The Morgan fingerprint density at radius 1 is 0.951 bits per heavy atom. The van der Waals surface area contributed by atoms with E-state index in [-0.39, 0.29) is 17.3 Å². The molecule has 0 aliphatic carbocycles. The van der Waals surface area contributed by atoms with Gasteiger partial charge in [0.15, 0.2) is 0 Å². The van der Waals surface area contributed by atoms with Gasteiger partial charge in [0.25, 0.3) is 10.0 Å². The number of nitrogens with zero attached hydrogens (tertiary/aromatic N) is 2. The van der Waals surface area contributed by atoms with Crippen LogP contribution in [0, 0.1) is 6.92 Å². The molecule has 0 bridgehead atoms. The number of anilines is 1. The minimum absolute atomic E-state index is 0.0270. The molecule has 220 valence electrons. The molecular formula is C31H38BrN3O5S. The number of carbonyl (C=O) groups is 2. The highest BCUT2D eigenvalue weighted by atomic mass is 79.9. The Hall–Kier alpha value is -3.37. The van der Waals surface area contributed by atoms with Crippen LogP contribution in [0.2, 0.25) is 0 Å². The summed E-state index contributed by atoms with van der Waals surface area (Å²) >= 11 is 3.42. The second kappa shape index (κ2) is 15.0. The molecule has 0 aromatic heterocycles. The second-order valence-corrected chi connectivity index (χ2v) is 12.5. The van der Waals surface area contributed by atoms with Gasteiger partial charge >= 0.3 is 0 Å².